The Kier molecular flexibility index (Phi) is 2.47. The lowest BCUT2D eigenvalue weighted by Crippen LogP contribution is -2.44. The third-order valence-corrected chi connectivity index (χ3v) is 4.49. The van der Waals surface area contributed by atoms with Gasteiger partial charge < -0.3 is 10.6 Å². The number of fused-ring (bicyclic) bond motifs is 2. The van der Waals surface area contributed by atoms with Crippen molar-refractivity contribution < 1.29 is 0 Å². The van der Waals surface area contributed by atoms with E-state index in [0.29, 0.717) is 12.1 Å². The molecular formula is C14H18N6. The zero-order valence-corrected chi connectivity index (χ0v) is 11.5. The van der Waals surface area contributed by atoms with Crippen LogP contribution in [0, 0.1) is 0 Å². The molecule has 3 N–H and O–H groups in total. The Balaban J connectivity index is 1.57. The Morgan fingerprint density at radius 3 is 2.55 bits per heavy atom. The van der Waals surface area contributed by atoms with Gasteiger partial charge >= 0.3 is 0 Å². The summed E-state index contributed by atoms with van der Waals surface area (Å²) in [4.78, 5) is 9.13. The molecule has 1 aromatic heterocycles. The van der Waals surface area contributed by atoms with Crippen LogP contribution in [0.25, 0.3) is 11.4 Å². The van der Waals surface area contributed by atoms with E-state index in [4.69, 9.17) is 5.73 Å². The van der Waals surface area contributed by atoms with E-state index in [1.54, 1.807) is 0 Å². The lowest BCUT2D eigenvalue weighted by atomic mass is 10.1. The Bertz CT molecular complexity index is 617. The minimum atomic E-state index is 0.281. The number of nitrogen functional groups attached to an aromatic ring is 1. The molecule has 0 radical (unpaired) electrons. The highest BCUT2D eigenvalue weighted by Gasteiger charge is 2.41. The second-order valence-electron chi connectivity index (χ2n) is 5.72. The highest BCUT2D eigenvalue weighted by atomic mass is 15.3. The number of nitrogens with two attached hydrogens (primary N) is 1. The Labute approximate surface area is 117 Å². The maximum Gasteiger partial charge on any atom is 0.239 e. The standard InChI is InChI=1S/C14H18N6/c1-19-7-12-6-11(19)8-20(12)10-4-2-9(3-5-10)13-16-14(15)18-17-13/h2-5,11-12H,6-8H2,1H3,(H3,15,16,17,18)/t11-,12-/m1/s1. The largest absolute Gasteiger partial charge is 0.366 e. The average molecular weight is 270 g/mol. The summed E-state index contributed by atoms with van der Waals surface area (Å²) in [5, 5.41) is 6.70. The number of H-pyrrole nitrogens is 1. The van der Waals surface area contributed by atoms with Crippen LogP contribution in [0.1, 0.15) is 6.42 Å². The molecule has 6 nitrogen and oxygen atoms in total. The summed E-state index contributed by atoms with van der Waals surface area (Å²) in [6.45, 7) is 2.31. The summed E-state index contributed by atoms with van der Waals surface area (Å²) in [5.41, 5.74) is 7.84. The van der Waals surface area contributed by atoms with Crippen LogP contribution in [0.2, 0.25) is 0 Å². The number of rotatable bonds is 2. The molecule has 0 saturated carbocycles. The zero-order valence-electron chi connectivity index (χ0n) is 11.5. The minimum Gasteiger partial charge on any atom is -0.366 e. The first-order valence-electron chi connectivity index (χ1n) is 6.96. The van der Waals surface area contributed by atoms with Crippen molar-refractivity contribution in [2.24, 2.45) is 0 Å². The second-order valence-corrected chi connectivity index (χ2v) is 5.72. The van der Waals surface area contributed by atoms with Crippen LogP contribution in [0.4, 0.5) is 11.6 Å². The van der Waals surface area contributed by atoms with Gasteiger partial charge in [0.15, 0.2) is 5.82 Å². The molecule has 6 heteroatoms. The number of nitrogens with zero attached hydrogens (tertiary/aromatic N) is 4. The first kappa shape index (κ1) is 11.7. The molecule has 3 heterocycles. The van der Waals surface area contributed by atoms with Crippen molar-refractivity contribution in [3.05, 3.63) is 24.3 Å². The van der Waals surface area contributed by atoms with Crippen LogP contribution in [-0.2, 0) is 0 Å². The first-order valence-corrected chi connectivity index (χ1v) is 6.96. The van der Waals surface area contributed by atoms with E-state index in [1.807, 2.05) is 0 Å². The SMILES string of the molecule is CN1C[C@H]2C[C@@H]1CN2c1ccc(-c2nc(N)n[nH]2)cc1. The van der Waals surface area contributed by atoms with E-state index in [0.717, 1.165) is 17.9 Å². The summed E-state index contributed by atoms with van der Waals surface area (Å²) < 4.78 is 0. The number of hydrogen-bond donors (Lipinski definition) is 2. The predicted molar refractivity (Wildman–Crippen MR) is 78.4 cm³/mol. The molecule has 2 bridgehead atoms. The van der Waals surface area contributed by atoms with Crippen LogP contribution >= 0.6 is 0 Å². The fourth-order valence-corrected chi connectivity index (χ4v) is 3.40. The zero-order chi connectivity index (χ0) is 13.7. The lowest BCUT2D eigenvalue weighted by molar-refractivity contribution is 0.292. The third-order valence-electron chi connectivity index (χ3n) is 4.49. The predicted octanol–water partition coefficient (Wildman–Crippen LogP) is 0.947. The van der Waals surface area contributed by atoms with Crippen molar-refractivity contribution in [3.63, 3.8) is 0 Å². The average Bonchev–Trinajstić information content (AvgIpc) is 3.14. The van der Waals surface area contributed by atoms with Gasteiger partial charge in [-0.05, 0) is 37.7 Å². The number of hydrogen-bond acceptors (Lipinski definition) is 5. The lowest BCUT2D eigenvalue weighted by Gasteiger charge is -2.33. The van der Waals surface area contributed by atoms with Gasteiger partial charge in [0, 0.05) is 36.4 Å². The molecule has 0 aliphatic carbocycles. The minimum absolute atomic E-state index is 0.281. The number of benzene rings is 1. The molecule has 2 aliphatic rings. The summed E-state index contributed by atoms with van der Waals surface area (Å²) >= 11 is 0. The van der Waals surface area contributed by atoms with E-state index >= 15 is 0 Å². The second kappa shape index (κ2) is 4.21. The summed E-state index contributed by atoms with van der Waals surface area (Å²) in [6.07, 6.45) is 1.29. The first-order chi connectivity index (χ1) is 9.70. The molecule has 2 aromatic rings. The number of anilines is 2. The molecule has 0 spiro atoms. The van der Waals surface area contributed by atoms with Gasteiger partial charge in [-0.2, -0.15) is 4.98 Å². The van der Waals surface area contributed by atoms with Crippen molar-refractivity contribution in [3.8, 4) is 11.4 Å². The van der Waals surface area contributed by atoms with Crippen molar-refractivity contribution in [2.75, 3.05) is 30.8 Å². The number of likely N-dealkylation sites (tertiary alicyclic amines) is 1. The summed E-state index contributed by atoms with van der Waals surface area (Å²) in [7, 11) is 2.22. The van der Waals surface area contributed by atoms with Crippen LogP contribution in [0.5, 0.6) is 0 Å². The van der Waals surface area contributed by atoms with E-state index in [2.05, 4.69) is 56.3 Å². The summed E-state index contributed by atoms with van der Waals surface area (Å²) in [5.74, 6) is 1.00. The third kappa shape index (κ3) is 1.76. The molecule has 0 amide bonds. The smallest absolute Gasteiger partial charge is 0.239 e. The number of piperazine rings is 1. The monoisotopic (exact) mass is 270 g/mol. The molecular weight excluding hydrogens is 252 g/mol. The van der Waals surface area contributed by atoms with Crippen LogP contribution in [-0.4, -0.2) is 52.3 Å². The van der Waals surface area contributed by atoms with Crippen molar-refractivity contribution in [1.82, 2.24) is 20.1 Å². The van der Waals surface area contributed by atoms with Crippen molar-refractivity contribution >= 4 is 11.6 Å². The number of nitrogens with one attached hydrogen (secondary N) is 1. The van der Waals surface area contributed by atoms with E-state index in [9.17, 15) is 0 Å². The fraction of sp³-hybridized carbons (Fsp3) is 0.429. The molecule has 1 aromatic carbocycles. The highest BCUT2D eigenvalue weighted by molar-refractivity contribution is 5.61. The van der Waals surface area contributed by atoms with Gasteiger partial charge in [0.1, 0.15) is 0 Å². The fourth-order valence-electron chi connectivity index (χ4n) is 3.40. The van der Waals surface area contributed by atoms with Crippen molar-refractivity contribution in [2.45, 2.75) is 18.5 Å². The van der Waals surface area contributed by atoms with Gasteiger partial charge in [0.25, 0.3) is 0 Å². The van der Waals surface area contributed by atoms with Gasteiger partial charge in [-0.1, -0.05) is 0 Å². The van der Waals surface area contributed by atoms with Crippen molar-refractivity contribution in [1.29, 1.82) is 0 Å². The quantitative estimate of drug-likeness (QED) is 0.850. The molecule has 2 fully saturated rings. The Morgan fingerprint density at radius 2 is 2.00 bits per heavy atom. The normalized spacial score (nSPS) is 25.6. The van der Waals surface area contributed by atoms with Gasteiger partial charge in [-0.25, -0.2) is 0 Å². The van der Waals surface area contributed by atoms with E-state index < -0.39 is 0 Å². The molecule has 2 aliphatic heterocycles. The summed E-state index contributed by atoms with van der Waals surface area (Å²) in [6, 6.07) is 9.85. The maximum absolute atomic E-state index is 5.53. The van der Waals surface area contributed by atoms with Gasteiger partial charge in [0.2, 0.25) is 5.95 Å². The van der Waals surface area contributed by atoms with E-state index in [-0.39, 0.29) is 5.95 Å². The van der Waals surface area contributed by atoms with Gasteiger partial charge in [0.05, 0.1) is 0 Å². The number of aromatic amines is 1. The molecule has 2 saturated heterocycles. The topological polar surface area (TPSA) is 74.1 Å². The maximum atomic E-state index is 5.53. The highest BCUT2D eigenvalue weighted by Crippen LogP contribution is 2.34. The Morgan fingerprint density at radius 1 is 1.20 bits per heavy atom. The van der Waals surface area contributed by atoms with Gasteiger partial charge in [-0.3, -0.25) is 10.00 Å². The van der Waals surface area contributed by atoms with E-state index in [1.165, 1.54) is 18.7 Å². The van der Waals surface area contributed by atoms with Crippen LogP contribution in [0.15, 0.2) is 24.3 Å². The number of aromatic nitrogens is 3. The molecule has 4 rings (SSSR count). The Hall–Kier alpha value is -2.08. The molecule has 0 unspecified atom stereocenters. The van der Waals surface area contributed by atoms with Crippen LogP contribution < -0.4 is 10.6 Å². The molecule has 2 atom stereocenters. The number of likely N-dealkylation sites (N-methyl/N-ethyl adjacent to an activating group) is 1. The molecule has 20 heavy (non-hydrogen) atoms. The molecule has 104 valence electrons. The van der Waals surface area contributed by atoms with Crippen LogP contribution in [0.3, 0.4) is 0 Å². The van der Waals surface area contributed by atoms with Gasteiger partial charge in [-0.15, -0.1) is 5.10 Å².